The van der Waals surface area contributed by atoms with Crippen LogP contribution >= 0.6 is 28.1 Å². The van der Waals surface area contributed by atoms with Gasteiger partial charge >= 0.3 is 0 Å². The van der Waals surface area contributed by atoms with Gasteiger partial charge in [-0.15, -0.1) is 0 Å². The van der Waals surface area contributed by atoms with E-state index >= 15 is 0 Å². The molecule has 0 radical (unpaired) electrons. The van der Waals surface area contributed by atoms with Crippen molar-refractivity contribution in [3.8, 4) is 0 Å². The number of hydrogen-bond donors (Lipinski definition) is 1. The molecule has 0 unspecified atom stereocenters. The highest BCUT2D eigenvalue weighted by atomic mass is 79.9. The molecule has 0 saturated carbocycles. The molecule has 1 rings (SSSR count). The van der Waals surface area contributed by atoms with Crippen LogP contribution in [0.3, 0.4) is 0 Å². The molecule has 1 aromatic rings. The largest absolute Gasteiger partial charge is 0.389 e. The normalized spacial score (nSPS) is 10.6. The van der Waals surface area contributed by atoms with E-state index in [9.17, 15) is 0 Å². The average Bonchev–Trinajstić information content (AvgIpc) is 2.15. The highest BCUT2D eigenvalue weighted by Gasteiger charge is 2.11. The second kappa shape index (κ2) is 5.64. The van der Waals surface area contributed by atoms with Gasteiger partial charge in [-0.25, -0.2) is 0 Å². The molecule has 88 valence electrons. The Hall–Kier alpha value is -0.610. The molecule has 0 aliphatic carbocycles. The van der Waals surface area contributed by atoms with Gasteiger partial charge in [-0.2, -0.15) is 0 Å². The van der Waals surface area contributed by atoms with E-state index < -0.39 is 0 Å². The molecule has 0 fully saturated rings. The maximum Gasteiger partial charge on any atom is 0.106 e. The quantitative estimate of drug-likeness (QED) is 0.866. The van der Waals surface area contributed by atoms with Crippen LogP contribution in [0.25, 0.3) is 0 Å². The first-order valence-electron chi connectivity index (χ1n) is 5.22. The number of nitrogens with zero attached hydrogens (tertiary/aromatic N) is 1. The SMILES string of the molecule is CC(C)CN(C)c1cc(Br)ccc1C(N)=S. The van der Waals surface area contributed by atoms with Crippen molar-refractivity contribution in [3.63, 3.8) is 0 Å². The van der Waals surface area contributed by atoms with Crippen molar-refractivity contribution in [2.75, 3.05) is 18.5 Å². The lowest BCUT2D eigenvalue weighted by atomic mass is 10.1. The Morgan fingerprint density at radius 1 is 1.50 bits per heavy atom. The Balaban J connectivity index is 3.09. The second-order valence-corrected chi connectivity index (χ2v) is 5.66. The molecule has 1 aromatic carbocycles. The Labute approximate surface area is 111 Å². The van der Waals surface area contributed by atoms with Gasteiger partial charge in [-0.1, -0.05) is 42.0 Å². The molecule has 0 aliphatic rings. The number of anilines is 1. The summed E-state index contributed by atoms with van der Waals surface area (Å²) in [5, 5.41) is 0. The molecule has 0 saturated heterocycles. The maximum atomic E-state index is 5.72. The van der Waals surface area contributed by atoms with Gasteiger partial charge in [-0.3, -0.25) is 0 Å². The molecule has 0 atom stereocenters. The first-order chi connectivity index (χ1) is 7.41. The number of thiocarbonyl (C=S) groups is 1. The van der Waals surface area contributed by atoms with Crippen LogP contribution in [0.1, 0.15) is 19.4 Å². The fourth-order valence-corrected chi connectivity index (χ4v) is 2.20. The number of hydrogen-bond acceptors (Lipinski definition) is 2. The minimum Gasteiger partial charge on any atom is -0.389 e. The minimum absolute atomic E-state index is 0.443. The molecular weight excluding hydrogens is 284 g/mol. The predicted molar refractivity (Wildman–Crippen MR) is 78.1 cm³/mol. The standard InChI is InChI=1S/C12H17BrN2S/c1-8(2)7-15(3)11-6-9(13)4-5-10(11)12(14)16/h4-6,8H,7H2,1-3H3,(H2,14,16). The van der Waals surface area contributed by atoms with Crippen molar-refractivity contribution in [3.05, 3.63) is 28.2 Å². The third kappa shape index (κ3) is 3.46. The minimum atomic E-state index is 0.443. The first-order valence-corrected chi connectivity index (χ1v) is 6.42. The van der Waals surface area contributed by atoms with Crippen molar-refractivity contribution in [1.82, 2.24) is 0 Å². The van der Waals surface area contributed by atoms with Gasteiger partial charge in [0.25, 0.3) is 0 Å². The molecule has 16 heavy (non-hydrogen) atoms. The van der Waals surface area contributed by atoms with Crippen LogP contribution in [-0.2, 0) is 0 Å². The van der Waals surface area contributed by atoms with E-state index in [1.165, 1.54) is 0 Å². The summed E-state index contributed by atoms with van der Waals surface area (Å²) in [4.78, 5) is 2.63. The number of nitrogens with two attached hydrogens (primary N) is 1. The summed E-state index contributed by atoms with van der Waals surface area (Å²) in [7, 11) is 2.06. The fourth-order valence-electron chi connectivity index (χ4n) is 1.68. The third-order valence-electron chi connectivity index (χ3n) is 2.28. The summed E-state index contributed by atoms with van der Waals surface area (Å²) in [5.74, 6) is 0.600. The summed E-state index contributed by atoms with van der Waals surface area (Å²) in [6.45, 7) is 5.36. The van der Waals surface area contributed by atoms with Crippen LogP contribution in [0.5, 0.6) is 0 Å². The zero-order valence-corrected chi connectivity index (χ0v) is 12.2. The van der Waals surface area contributed by atoms with Crippen LogP contribution in [-0.4, -0.2) is 18.6 Å². The van der Waals surface area contributed by atoms with Crippen molar-refractivity contribution in [2.24, 2.45) is 11.7 Å². The topological polar surface area (TPSA) is 29.3 Å². The summed E-state index contributed by atoms with van der Waals surface area (Å²) in [6.07, 6.45) is 0. The molecule has 0 heterocycles. The monoisotopic (exact) mass is 300 g/mol. The maximum absolute atomic E-state index is 5.72. The van der Waals surface area contributed by atoms with Crippen LogP contribution in [0, 0.1) is 5.92 Å². The lowest BCUT2D eigenvalue weighted by molar-refractivity contribution is 0.638. The van der Waals surface area contributed by atoms with E-state index in [0.717, 1.165) is 22.3 Å². The van der Waals surface area contributed by atoms with Gasteiger partial charge in [0.15, 0.2) is 0 Å². The Kier molecular flexibility index (Phi) is 4.74. The number of halogens is 1. The molecule has 2 nitrogen and oxygen atoms in total. The third-order valence-corrected chi connectivity index (χ3v) is 2.99. The van der Waals surface area contributed by atoms with Gasteiger partial charge in [0, 0.05) is 29.3 Å². The predicted octanol–water partition coefficient (Wildman–Crippen LogP) is 3.18. The highest BCUT2D eigenvalue weighted by molar-refractivity contribution is 9.10. The average molecular weight is 301 g/mol. The first kappa shape index (κ1) is 13.5. The molecule has 4 heteroatoms. The lowest BCUT2D eigenvalue weighted by Crippen LogP contribution is -2.25. The zero-order valence-electron chi connectivity index (χ0n) is 9.83. The highest BCUT2D eigenvalue weighted by Crippen LogP contribution is 2.25. The molecule has 0 spiro atoms. The molecule has 0 bridgehead atoms. The van der Waals surface area contributed by atoms with Crippen LogP contribution in [0.15, 0.2) is 22.7 Å². The lowest BCUT2D eigenvalue weighted by Gasteiger charge is -2.24. The number of benzene rings is 1. The van der Waals surface area contributed by atoms with Gasteiger partial charge in [-0.05, 0) is 24.1 Å². The van der Waals surface area contributed by atoms with Crippen molar-refractivity contribution in [2.45, 2.75) is 13.8 Å². The zero-order chi connectivity index (χ0) is 12.3. The Morgan fingerprint density at radius 2 is 2.12 bits per heavy atom. The summed E-state index contributed by atoms with van der Waals surface area (Å²) in [6, 6.07) is 5.97. The van der Waals surface area contributed by atoms with E-state index in [2.05, 4.69) is 47.8 Å². The van der Waals surface area contributed by atoms with E-state index in [4.69, 9.17) is 18.0 Å². The summed E-state index contributed by atoms with van der Waals surface area (Å²) in [5.41, 5.74) is 7.73. The Morgan fingerprint density at radius 3 is 2.62 bits per heavy atom. The molecule has 0 aliphatic heterocycles. The molecule has 0 amide bonds. The van der Waals surface area contributed by atoms with Gasteiger partial charge in [0.05, 0.1) is 0 Å². The second-order valence-electron chi connectivity index (χ2n) is 4.30. The number of rotatable bonds is 4. The molecule has 0 aromatic heterocycles. The van der Waals surface area contributed by atoms with E-state index in [0.29, 0.717) is 10.9 Å². The molecule has 2 N–H and O–H groups in total. The summed E-state index contributed by atoms with van der Waals surface area (Å²) >= 11 is 8.53. The van der Waals surface area contributed by atoms with Gasteiger partial charge < -0.3 is 10.6 Å². The Bertz CT molecular complexity index is 391. The van der Waals surface area contributed by atoms with Crippen molar-refractivity contribution < 1.29 is 0 Å². The van der Waals surface area contributed by atoms with E-state index in [1.807, 2.05) is 12.1 Å². The van der Waals surface area contributed by atoms with Crippen LogP contribution in [0.4, 0.5) is 5.69 Å². The van der Waals surface area contributed by atoms with Gasteiger partial charge in [0.1, 0.15) is 4.99 Å². The summed E-state index contributed by atoms with van der Waals surface area (Å²) < 4.78 is 1.04. The van der Waals surface area contributed by atoms with Crippen molar-refractivity contribution >= 4 is 38.8 Å². The van der Waals surface area contributed by atoms with Crippen LogP contribution in [0.2, 0.25) is 0 Å². The smallest absolute Gasteiger partial charge is 0.106 e. The van der Waals surface area contributed by atoms with Gasteiger partial charge in [0.2, 0.25) is 0 Å². The van der Waals surface area contributed by atoms with Crippen molar-refractivity contribution in [1.29, 1.82) is 0 Å². The van der Waals surface area contributed by atoms with E-state index in [1.54, 1.807) is 0 Å². The van der Waals surface area contributed by atoms with Crippen LogP contribution < -0.4 is 10.6 Å². The fraction of sp³-hybridized carbons (Fsp3) is 0.417. The van der Waals surface area contributed by atoms with E-state index in [-0.39, 0.29) is 0 Å². The molecular formula is C12H17BrN2S.